The molecule has 3 nitrogen and oxygen atoms in total. The molecule has 0 fully saturated rings. The van der Waals surface area contributed by atoms with Gasteiger partial charge in [0.15, 0.2) is 0 Å². The largest absolute Gasteiger partial charge is 0.352 e. The third kappa shape index (κ3) is 4.30. The Morgan fingerprint density at radius 3 is 2.29 bits per heavy atom. The molecular formula is C20H20N2OS. The molecule has 4 heteroatoms. The molecule has 0 bridgehead atoms. The first-order valence-corrected chi connectivity index (χ1v) is 8.82. The minimum absolute atomic E-state index is 0.00340. The van der Waals surface area contributed by atoms with E-state index in [4.69, 9.17) is 0 Å². The van der Waals surface area contributed by atoms with Crippen LogP contribution < -0.4 is 5.32 Å². The molecule has 1 N–H and O–H groups in total. The Kier molecular flexibility index (Phi) is 5.06. The van der Waals surface area contributed by atoms with Gasteiger partial charge in [0.05, 0.1) is 12.1 Å². The quantitative estimate of drug-likeness (QED) is 0.755. The molecule has 1 heterocycles. The number of thiazole rings is 1. The van der Waals surface area contributed by atoms with Crippen LogP contribution in [-0.2, 0) is 17.8 Å². The Balaban J connectivity index is 1.57. The molecular weight excluding hydrogens is 316 g/mol. The van der Waals surface area contributed by atoms with Crippen molar-refractivity contribution in [3.8, 4) is 10.6 Å². The summed E-state index contributed by atoms with van der Waals surface area (Å²) in [6.45, 7) is 4.67. The van der Waals surface area contributed by atoms with E-state index in [0.29, 0.717) is 13.0 Å². The molecule has 24 heavy (non-hydrogen) atoms. The highest BCUT2D eigenvalue weighted by Gasteiger charge is 2.09. The highest BCUT2D eigenvalue weighted by molar-refractivity contribution is 7.13. The van der Waals surface area contributed by atoms with Crippen molar-refractivity contribution in [2.75, 3.05) is 0 Å². The molecule has 0 saturated heterocycles. The molecule has 0 saturated carbocycles. The van der Waals surface area contributed by atoms with Crippen LogP contribution in [-0.4, -0.2) is 10.9 Å². The molecule has 0 radical (unpaired) electrons. The van der Waals surface area contributed by atoms with Gasteiger partial charge in [-0.05, 0) is 19.4 Å². The first-order chi connectivity index (χ1) is 11.6. The van der Waals surface area contributed by atoms with Gasteiger partial charge < -0.3 is 5.32 Å². The number of hydrogen-bond donors (Lipinski definition) is 1. The maximum absolute atomic E-state index is 12.1. The molecule has 3 rings (SSSR count). The van der Waals surface area contributed by atoms with Crippen LogP contribution in [0.1, 0.15) is 22.4 Å². The molecule has 0 atom stereocenters. The van der Waals surface area contributed by atoms with E-state index in [2.05, 4.69) is 60.5 Å². The fourth-order valence-corrected chi connectivity index (χ4v) is 3.18. The average molecular weight is 336 g/mol. The number of carbonyl (C=O) groups excluding carboxylic acids is 1. The van der Waals surface area contributed by atoms with Crippen LogP contribution >= 0.6 is 11.3 Å². The van der Waals surface area contributed by atoms with Gasteiger partial charge in [-0.1, -0.05) is 59.7 Å². The van der Waals surface area contributed by atoms with Crippen molar-refractivity contribution in [1.82, 2.24) is 10.3 Å². The number of aromatic nitrogens is 1. The van der Waals surface area contributed by atoms with Crippen LogP contribution in [0.3, 0.4) is 0 Å². The van der Waals surface area contributed by atoms with E-state index in [9.17, 15) is 4.79 Å². The number of benzene rings is 2. The van der Waals surface area contributed by atoms with E-state index in [1.54, 1.807) is 11.3 Å². The number of hydrogen-bond acceptors (Lipinski definition) is 3. The van der Waals surface area contributed by atoms with Crippen molar-refractivity contribution >= 4 is 17.2 Å². The van der Waals surface area contributed by atoms with E-state index in [1.807, 2.05) is 17.5 Å². The summed E-state index contributed by atoms with van der Waals surface area (Å²) in [7, 11) is 0. The Morgan fingerprint density at radius 2 is 1.62 bits per heavy atom. The fraction of sp³-hybridized carbons (Fsp3) is 0.200. The fourth-order valence-electron chi connectivity index (χ4n) is 2.35. The molecule has 0 aliphatic heterocycles. The number of amides is 1. The summed E-state index contributed by atoms with van der Waals surface area (Å²) in [6.07, 6.45) is 0.314. The van der Waals surface area contributed by atoms with Gasteiger partial charge in [-0.3, -0.25) is 4.79 Å². The predicted octanol–water partition coefficient (Wildman–Crippen LogP) is 4.29. The number of nitrogens with one attached hydrogen (secondary N) is 1. The second kappa shape index (κ2) is 7.41. The zero-order chi connectivity index (χ0) is 16.9. The molecule has 3 aromatic rings. The first kappa shape index (κ1) is 16.4. The van der Waals surface area contributed by atoms with Gasteiger partial charge in [-0.25, -0.2) is 4.98 Å². The van der Waals surface area contributed by atoms with E-state index in [1.165, 1.54) is 11.1 Å². The minimum atomic E-state index is -0.00340. The lowest BCUT2D eigenvalue weighted by molar-refractivity contribution is -0.120. The zero-order valence-electron chi connectivity index (χ0n) is 13.9. The van der Waals surface area contributed by atoms with Crippen LogP contribution in [0.5, 0.6) is 0 Å². The van der Waals surface area contributed by atoms with Crippen molar-refractivity contribution in [1.29, 1.82) is 0 Å². The number of aryl methyl sites for hydroxylation is 2. The molecule has 1 amide bonds. The summed E-state index contributed by atoms with van der Waals surface area (Å²) >= 11 is 1.58. The number of nitrogens with zero attached hydrogens (tertiary/aromatic N) is 1. The lowest BCUT2D eigenvalue weighted by Crippen LogP contribution is -2.24. The molecule has 0 spiro atoms. The Bertz CT molecular complexity index is 820. The SMILES string of the molecule is Cc1ccc(CNC(=O)Cc2csc(-c3ccc(C)cc3)n2)cc1. The topological polar surface area (TPSA) is 42.0 Å². The van der Waals surface area contributed by atoms with Gasteiger partial charge in [0.1, 0.15) is 5.01 Å². The maximum Gasteiger partial charge on any atom is 0.226 e. The van der Waals surface area contributed by atoms with E-state index >= 15 is 0 Å². The molecule has 0 aliphatic carbocycles. The summed E-state index contributed by atoms with van der Waals surface area (Å²) in [5.74, 6) is -0.00340. The van der Waals surface area contributed by atoms with E-state index in [0.717, 1.165) is 21.8 Å². The highest BCUT2D eigenvalue weighted by Crippen LogP contribution is 2.24. The van der Waals surface area contributed by atoms with Gasteiger partial charge >= 0.3 is 0 Å². The summed E-state index contributed by atoms with van der Waals surface area (Å²) < 4.78 is 0. The third-order valence-corrected chi connectivity index (χ3v) is 4.74. The van der Waals surface area contributed by atoms with Crippen molar-refractivity contribution < 1.29 is 4.79 Å². The Labute approximate surface area is 146 Å². The summed E-state index contributed by atoms with van der Waals surface area (Å²) in [6, 6.07) is 16.5. The van der Waals surface area contributed by atoms with Gasteiger partial charge in [0.2, 0.25) is 5.91 Å². The lowest BCUT2D eigenvalue weighted by atomic mass is 10.1. The normalized spacial score (nSPS) is 10.6. The summed E-state index contributed by atoms with van der Waals surface area (Å²) in [5.41, 5.74) is 5.46. The summed E-state index contributed by atoms with van der Waals surface area (Å²) in [5, 5.41) is 5.86. The lowest BCUT2D eigenvalue weighted by Gasteiger charge is -2.04. The van der Waals surface area contributed by atoms with Crippen molar-refractivity contribution in [3.05, 3.63) is 76.3 Å². The molecule has 2 aromatic carbocycles. The first-order valence-electron chi connectivity index (χ1n) is 7.94. The molecule has 1 aromatic heterocycles. The minimum Gasteiger partial charge on any atom is -0.352 e. The van der Waals surface area contributed by atoms with Crippen molar-refractivity contribution in [2.45, 2.75) is 26.8 Å². The van der Waals surface area contributed by atoms with Crippen LogP contribution in [0, 0.1) is 13.8 Å². The standard InChI is InChI=1S/C20H20N2OS/c1-14-3-7-16(8-4-14)12-21-19(23)11-18-13-24-20(22-18)17-9-5-15(2)6-10-17/h3-10,13H,11-12H2,1-2H3,(H,21,23). The molecule has 0 aliphatic rings. The molecule has 0 unspecified atom stereocenters. The Morgan fingerprint density at radius 1 is 1.00 bits per heavy atom. The van der Waals surface area contributed by atoms with Crippen LogP contribution in [0.4, 0.5) is 0 Å². The molecule has 122 valence electrons. The second-order valence-electron chi connectivity index (χ2n) is 5.95. The summed E-state index contributed by atoms with van der Waals surface area (Å²) in [4.78, 5) is 16.7. The second-order valence-corrected chi connectivity index (χ2v) is 6.81. The number of carbonyl (C=O) groups is 1. The van der Waals surface area contributed by atoms with Crippen LogP contribution in [0.15, 0.2) is 53.9 Å². The van der Waals surface area contributed by atoms with Gasteiger partial charge in [-0.15, -0.1) is 11.3 Å². The van der Waals surface area contributed by atoms with Crippen molar-refractivity contribution in [3.63, 3.8) is 0 Å². The maximum atomic E-state index is 12.1. The van der Waals surface area contributed by atoms with Crippen LogP contribution in [0.25, 0.3) is 10.6 Å². The zero-order valence-corrected chi connectivity index (χ0v) is 14.7. The van der Waals surface area contributed by atoms with Crippen LogP contribution in [0.2, 0.25) is 0 Å². The average Bonchev–Trinajstić information content (AvgIpc) is 3.03. The highest BCUT2D eigenvalue weighted by atomic mass is 32.1. The van der Waals surface area contributed by atoms with E-state index < -0.39 is 0 Å². The van der Waals surface area contributed by atoms with E-state index in [-0.39, 0.29) is 5.91 Å². The van der Waals surface area contributed by atoms with Gasteiger partial charge in [0.25, 0.3) is 0 Å². The third-order valence-electron chi connectivity index (χ3n) is 3.80. The smallest absolute Gasteiger partial charge is 0.226 e. The Hall–Kier alpha value is -2.46. The van der Waals surface area contributed by atoms with Gasteiger partial charge in [0, 0.05) is 17.5 Å². The predicted molar refractivity (Wildman–Crippen MR) is 99.0 cm³/mol. The number of rotatable bonds is 5. The monoisotopic (exact) mass is 336 g/mol. The van der Waals surface area contributed by atoms with Crippen molar-refractivity contribution in [2.24, 2.45) is 0 Å². The van der Waals surface area contributed by atoms with Gasteiger partial charge in [-0.2, -0.15) is 0 Å².